The number of halogens is 2. The zero-order valence-electron chi connectivity index (χ0n) is 14.3. The molecule has 0 radical (unpaired) electrons. The maximum atomic E-state index is 13.5. The van der Waals surface area contributed by atoms with Crippen molar-refractivity contribution in [3.05, 3.63) is 0 Å². The Morgan fingerprint density at radius 1 is 1.14 bits per heavy atom. The predicted octanol–water partition coefficient (Wildman–Crippen LogP) is 7.10. The highest BCUT2D eigenvalue weighted by molar-refractivity contribution is 14.1. The van der Waals surface area contributed by atoms with Gasteiger partial charge in [-0.15, -0.1) is 0 Å². The van der Waals surface area contributed by atoms with Crippen LogP contribution in [-0.4, -0.2) is 9.59 Å². The lowest BCUT2D eigenvalue weighted by Crippen LogP contribution is -2.23. The van der Waals surface area contributed by atoms with Crippen molar-refractivity contribution in [3.8, 4) is 0 Å². The molecule has 0 aromatic rings. The predicted molar refractivity (Wildman–Crippen MR) is 98.9 cm³/mol. The lowest BCUT2D eigenvalue weighted by molar-refractivity contribution is 0.182. The van der Waals surface area contributed by atoms with Gasteiger partial charge in [0.25, 0.3) is 0 Å². The normalized spacial score (nSPS) is 30.1. The van der Waals surface area contributed by atoms with Crippen LogP contribution in [0.5, 0.6) is 0 Å². The Kier molecular flexibility index (Phi) is 6.42. The van der Waals surface area contributed by atoms with Gasteiger partial charge in [-0.05, 0) is 88.9 Å². The van der Waals surface area contributed by atoms with E-state index in [1.807, 2.05) is 0 Å². The molecular formula is C19H34FI. The molecule has 0 nitrogen and oxygen atoms in total. The van der Waals surface area contributed by atoms with E-state index in [0.717, 1.165) is 28.1 Å². The van der Waals surface area contributed by atoms with E-state index in [2.05, 4.69) is 29.5 Å². The van der Waals surface area contributed by atoms with Gasteiger partial charge in [0.05, 0.1) is 0 Å². The lowest BCUT2D eigenvalue weighted by Gasteiger charge is -2.33. The molecule has 0 aliphatic heterocycles. The molecule has 0 heterocycles. The van der Waals surface area contributed by atoms with Crippen LogP contribution < -0.4 is 0 Å². The standard InChI is InChI=1S/C19H34FI/c1-15(10-12-18(2,3)20)5-4-11-19(13-14-19)16-6-8-17(21)9-7-16/h15-17H,4-14H2,1-3H3/t15-,16-,17+/m0/s1. The Labute approximate surface area is 145 Å². The fraction of sp³-hybridized carbons (Fsp3) is 1.00. The maximum Gasteiger partial charge on any atom is 0.105 e. The van der Waals surface area contributed by atoms with Gasteiger partial charge in [0.1, 0.15) is 5.67 Å². The summed E-state index contributed by atoms with van der Waals surface area (Å²) in [6, 6.07) is 0. The molecule has 2 aliphatic rings. The number of hydrogen-bond donors (Lipinski definition) is 0. The minimum atomic E-state index is -0.982. The van der Waals surface area contributed by atoms with Gasteiger partial charge in [-0.3, -0.25) is 0 Å². The van der Waals surface area contributed by atoms with Gasteiger partial charge in [0, 0.05) is 3.92 Å². The van der Waals surface area contributed by atoms with Gasteiger partial charge in [0.2, 0.25) is 0 Å². The summed E-state index contributed by atoms with van der Waals surface area (Å²) in [6.07, 6.45) is 14.8. The summed E-state index contributed by atoms with van der Waals surface area (Å²) in [7, 11) is 0. The first-order valence-electron chi connectivity index (χ1n) is 9.14. The number of alkyl halides is 2. The molecule has 0 bridgehead atoms. The van der Waals surface area contributed by atoms with Crippen molar-refractivity contribution >= 4 is 22.6 Å². The smallest absolute Gasteiger partial charge is 0.105 e. The summed E-state index contributed by atoms with van der Waals surface area (Å²) < 4.78 is 14.5. The third-order valence-electron chi connectivity index (χ3n) is 6.02. The summed E-state index contributed by atoms with van der Waals surface area (Å²) in [6.45, 7) is 5.73. The molecule has 21 heavy (non-hydrogen) atoms. The van der Waals surface area contributed by atoms with Crippen LogP contribution in [0.3, 0.4) is 0 Å². The molecule has 2 saturated carbocycles. The minimum absolute atomic E-state index is 0.695. The Bertz CT molecular complexity index is 308. The Hall–Kier alpha value is 0.660. The van der Waals surface area contributed by atoms with Crippen molar-refractivity contribution in [2.24, 2.45) is 17.3 Å². The number of rotatable bonds is 8. The van der Waals surface area contributed by atoms with Crippen LogP contribution in [0.4, 0.5) is 4.39 Å². The van der Waals surface area contributed by atoms with E-state index in [1.165, 1.54) is 57.8 Å². The quantitative estimate of drug-likeness (QED) is 0.297. The second-order valence-electron chi connectivity index (χ2n) is 8.57. The van der Waals surface area contributed by atoms with Crippen LogP contribution in [0, 0.1) is 17.3 Å². The van der Waals surface area contributed by atoms with Gasteiger partial charge in [0.15, 0.2) is 0 Å². The molecule has 2 aliphatic carbocycles. The Morgan fingerprint density at radius 2 is 1.76 bits per heavy atom. The fourth-order valence-electron chi connectivity index (χ4n) is 4.22. The molecule has 124 valence electrons. The highest BCUT2D eigenvalue weighted by atomic mass is 127. The van der Waals surface area contributed by atoms with Crippen LogP contribution in [0.25, 0.3) is 0 Å². The van der Waals surface area contributed by atoms with E-state index in [9.17, 15) is 4.39 Å². The van der Waals surface area contributed by atoms with Crippen LogP contribution in [0.1, 0.15) is 91.4 Å². The molecule has 2 rings (SSSR count). The zero-order valence-corrected chi connectivity index (χ0v) is 16.4. The van der Waals surface area contributed by atoms with E-state index >= 15 is 0 Å². The van der Waals surface area contributed by atoms with Gasteiger partial charge in [-0.25, -0.2) is 4.39 Å². The molecule has 0 aromatic carbocycles. The van der Waals surface area contributed by atoms with Gasteiger partial charge in [-0.2, -0.15) is 0 Å². The van der Waals surface area contributed by atoms with E-state index in [4.69, 9.17) is 0 Å². The first-order chi connectivity index (χ1) is 9.81. The average Bonchev–Trinajstić information content (AvgIpc) is 3.17. The maximum absolute atomic E-state index is 13.5. The van der Waals surface area contributed by atoms with Crippen molar-refractivity contribution in [2.45, 2.75) is 101 Å². The van der Waals surface area contributed by atoms with Crippen molar-refractivity contribution in [2.75, 3.05) is 0 Å². The summed E-state index contributed by atoms with van der Waals surface area (Å²) in [4.78, 5) is 0. The third kappa shape index (κ3) is 5.99. The van der Waals surface area contributed by atoms with E-state index < -0.39 is 5.67 Å². The van der Waals surface area contributed by atoms with Crippen LogP contribution in [0.15, 0.2) is 0 Å². The summed E-state index contributed by atoms with van der Waals surface area (Å²) in [5, 5.41) is 0. The fourth-order valence-corrected chi connectivity index (χ4v) is 4.94. The first-order valence-corrected chi connectivity index (χ1v) is 10.4. The van der Waals surface area contributed by atoms with Crippen molar-refractivity contribution in [1.82, 2.24) is 0 Å². The zero-order chi connectivity index (χ0) is 15.5. The molecule has 1 atom stereocenters. The van der Waals surface area contributed by atoms with Gasteiger partial charge < -0.3 is 0 Å². The Morgan fingerprint density at radius 3 is 2.29 bits per heavy atom. The van der Waals surface area contributed by atoms with E-state index in [-0.39, 0.29) is 0 Å². The van der Waals surface area contributed by atoms with Crippen LogP contribution >= 0.6 is 22.6 Å². The highest BCUT2D eigenvalue weighted by Gasteiger charge is 2.48. The first kappa shape index (κ1) is 18.0. The minimum Gasteiger partial charge on any atom is -0.245 e. The summed E-state index contributed by atoms with van der Waals surface area (Å²) >= 11 is 2.64. The molecule has 2 fully saturated rings. The van der Waals surface area contributed by atoms with E-state index in [0.29, 0.717) is 5.92 Å². The molecule has 0 saturated heterocycles. The molecule has 0 N–H and O–H groups in total. The Balaban J connectivity index is 1.64. The highest BCUT2D eigenvalue weighted by Crippen LogP contribution is 2.59. The largest absolute Gasteiger partial charge is 0.245 e. The van der Waals surface area contributed by atoms with Crippen LogP contribution in [-0.2, 0) is 0 Å². The average molecular weight is 408 g/mol. The lowest BCUT2D eigenvalue weighted by atomic mass is 9.75. The van der Waals surface area contributed by atoms with Gasteiger partial charge >= 0.3 is 0 Å². The van der Waals surface area contributed by atoms with Gasteiger partial charge in [-0.1, -0.05) is 42.4 Å². The molecule has 2 heteroatoms. The molecule has 0 aromatic heterocycles. The molecule has 0 unspecified atom stereocenters. The van der Waals surface area contributed by atoms with Crippen LogP contribution in [0.2, 0.25) is 0 Å². The van der Waals surface area contributed by atoms with E-state index in [1.54, 1.807) is 13.8 Å². The topological polar surface area (TPSA) is 0 Å². The monoisotopic (exact) mass is 408 g/mol. The summed E-state index contributed by atoms with van der Waals surface area (Å²) in [5.41, 5.74) is -0.236. The second kappa shape index (κ2) is 7.49. The third-order valence-corrected chi connectivity index (χ3v) is 7.26. The number of hydrogen-bond acceptors (Lipinski definition) is 0. The summed E-state index contributed by atoms with van der Waals surface area (Å²) in [5.74, 6) is 1.73. The SMILES string of the molecule is C[C@@H](CCCC1([C@H]2CC[C@@H](I)CC2)CC1)CCC(C)(C)F. The molecule has 0 spiro atoms. The second-order valence-corrected chi connectivity index (χ2v) is 10.3. The van der Waals surface area contributed by atoms with Crippen molar-refractivity contribution < 1.29 is 4.39 Å². The van der Waals surface area contributed by atoms with Crippen molar-refractivity contribution in [3.63, 3.8) is 0 Å². The van der Waals surface area contributed by atoms with Crippen molar-refractivity contribution in [1.29, 1.82) is 0 Å². The molecule has 0 amide bonds. The molecular weight excluding hydrogens is 374 g/mol.